The van der Waals surface area contributed by atoms with Gasteiger partial charge in [-0.25, -0.2) is 4.39 Å². The van der Waals surface area contributed by atoms with E-state index in [0.717, 1.165) is 5.56 Å². The first kappa shape index (κ1) is 14.9. The fourth-order valence-corrected chi connectivity index (χ4v) is 2.22. The highest BCUT2D eigenvalue weighted by molar-refractivity contribution is 7.80. The van der Waals surface area contributed by atoms with Crippen LogP contribution in [0.4, 0.5) is 4.39 Å². The summed E-state index contributed by atoms with van der Waals surface area (Å²) in [6, 6.07) is 11.0. The third kappa shape index (κ3) is 3.52. The number of carbonyl (C=O) groups excluding carboxylic acids is 1. The van der Waals surface area contributed by atoms with Crippen molar-refractivity contribution in [3.8, 4) is 0 Å². The second-order valence-electron chi connectivity index (χ2n) is 4.45. The second-order valence-corrected chi connectivity index (χ2v) is 5.38. The van der Waals surface area contributed by atoms with Crippen LogP contribution in [0.1, 0.15) is 15.9 Å². The van der Waals surface area contributed by atoms with Crippen molar-refractivity contribution in [1.29, 1.82) is 0 Å². The number of thiol groups is 1. The molecule has 104 valence electrons. The molecule has 0 atom stereocenters. The molecule has 2 rings (SSSR count). The van der Waals surface area contributed by atoms with E-state index in [9.17, 15) is 9.18 Å². The summed E-state index contributed by atoms with van der Waals surface area (Å²) in [7, 11) is 1.67. The Kier molecular flexibility index (Phi) is 4.68. The molecule has 0 radical (unpaired) electrons. The Hall–Kier alpha value is -1.52. The number of hydrogen-bond acceptors (Lipinski definition) is 2. The molecule has 2 aromatic rings. The molecule has 0 saturated heterocycles. The van der Waals surface area contributed by atoms with E-state index in [1.54, 1.807) is 37.4 Å². The quantitative estimate of drug-likeness (QED) is 0.848. The minimum Gasteiger partial charge on any atom is -0.337 e. The van der Waals surface area contributed by atoms with Crippen molar-refractivity contribution < 1.29 is 9.18 Å². The zero-order valence-corrected chi connectivity index (χ0v) is 12.5. The second kappa shape index (κ2) is 6.29. The number of carbonyl (C=O) groups is 1. The molecular weight excluding hydrogens is 297 g/mol. The molecule has 0 N–H and O–H groups in total. The van der Waals surface area contributed by atoms with Gasteiger partial charge in [-0.05, 0) is 35.9 Å². The van der Waals surface area contributed by atoms with Gasteiger partial charge in [0.2, 0.25) is 0 Å². The van der Waals surface area contributed by atoms with Gasteiger partial charge in [-0.3, -0.25) is 4.79 Å². The van der Waals surface area contributed by atoms with E-state index < -0.39 is 0 Å². The molecule has 2 nitrogen and oxygen atoms in total. The van der Waals surface area contributed by atoms with Gasteiger partial charge in [0.1, 0.15) is 5.82 Å². The monoisotopic (exact) mass is 309 g/mol. The molecule has 1 amide bonds. The van der Waals surface area contributed by atoms with Gasteiger partial charge in [-0.2, -0.15) is 0 Å². The van der Waals surface area contributed by atoms with E-state index >= 15 is 0 Å². The first-order chi connectivity index (χ1) is 9.47. The minimum absolute atomic E-state index is 0.199. The predicted octanol–water partition coefficient (Wildman–Crippen LogP) is 4.04. The highest BCUT2D eigenvalue weighted by atomic mass is 35.5. The van der Waals surface area contributed by atoms with Crippen LogP contribution in [0.5, 0.6) is 0 Å². The van der Waals surface area contributed by atoms with E-state index in [-0.39, 0.29) is 11.7 Å². The Labute approximate surface area is 127 Å². The summed E-state index contributed by atoms with van der Waals surface area (Å²) in [5.41, 5.74) is 1.25. The average Bonchev–Trinajstić information content (AvgIpc) is 2.43. The van der Waals surface area contributed by atoms with Crippen LogP contribution in [0.3, 0.4) is 0 Å². The van der Waals surface area contributed by atoms with E-state index in [0.29, 0.717) is 22.0 Å². The molecule has 0 saturated carbocycles. The van der Waals surface area contributed by atoms with Crippen molar-refractivity contribution >= 4 is 30.1 Å². The van der Waals surface area contributed by atoms with Gasteiger partial charge < -0.3 is 4.90 Å². The lowest BCUT2D eigenvalue weighted by atomic mass is 10.1. The van der Waals surface area contributed by atoms with Gasteiger partial charge in [-0.1, -0.05) is 23.7 Å². The molecule has 0 aromatic heterocycles. The maximum absolute atomic E-state index is 12.8. The molecular formula is C15H13ClFNOS. The highest BCUT2D eigenvalue weighted by Gasteiger charge is 2.15. The first-order valence-corrected chi connectivity index (χ1v) is 6.78. The third-order valence-corrected chi connectivity index (χ3v) is 3.47. The molecule has 0 fully saturated rings. The normalized spacial score (nSPS) is 10.4. The van der Waals surface area contributed by atoms with E-state index in [2.05, 4.69) is 12.6 Å². The molecule has 0 aliphatic rings. The summed E-state index contributed by atoms with van der Waals surface area (Å²) >= 11 is 10.2. The van der Waals surface area contributed by atoms with Crippen molar-refractivity contribution in [2.75, 3.05) is 7.05 Å². The molecule has 0 heterocycles. The summed E-state index contributed by atoms with van der Waals surface area (Å²) in [6.45, 7) is 0.381. The zero-order chi connectivity index (χ0) is 14.7. The molecule has 20 heavy (non-hydrogen) atoms. The fraction of sp³-hybridized carbons (Fsp3) is 0.133. The van der Waals surface area contributed by atoms with Crippen molar-refractivity contribution in [2.24, 2.45) is 0 Å². The van der Waals surface area contributed by atoms with Crippen LogP contribution >= 0.6 is 24.2 Å². The van der Waals surface area contributed by atoms with Gasteiger partial charge in [-0.15, -0.1) is 12.6 Å². The maximum Gasteiger partial charge on any atom is 0.255 e. The van der Waals surface area contributed by atoms with Gasteiger partial charge in [0.05, 0.1) is 10.6 Å². The Balaban J connectivity index is 2.16. The summed E-state index contributed by atoms with van der Waals surface area (Å²) < 4.78 is 12.8. The Morgan fingerprint density at radius 3 is 2.55 bits per heavy atom. The van der Waals surface area contributed by atoms with Crippen LogP contribution in [-0.4, -0.2) is 17.9 Å². The van der Waals surface area contributed by atoms with Gasteiger partial charge >= 0.3 is 0 Å². The lowest BCUT2D eigenvalue weighted by Crippen LogP contribution is -2.26. The fourth-order valence-electron chi connectivity index (χ4n) is 1.82. The number of amides is 1. The third-order valence-electron chi connectivity index (χ3n) is 2.86. The van der Waals surface area contributed by atoms with Crippen molar-refractivity contribution in [3.05, 3.63) is 64.4 Å². The van der Waals surface area contributed by atoms with Crippen LogP contribution in [-0.2, 0) is 6.54 Å². The zero-order valence-electron chi connectivity index (χ0n) is 10.8. The van der Waals surface area contributed by atoms with E-state index in [1.165, 1.54) is 17.0 Å². The number of nitrogens with zero attached hydrogens (tertiary/aromatic N) is 1. The van der Waals surface area contributed by atoms with Crippen molar-refractivity contribution in [1.82, 2.24) is 4.90 Å². The largest absolute Gasteiger partial charge is 0.337 e. The summed E-state index contributed by atoms with van der Waals surface area (Å²) in [4.78, 5) is 14.5. The molecule has 0 bridgehead atoms. The van der Waals surface area contributed by atoms with E-state index in [4.69, 9.17) is 11.6 Å². The van der Waals surface area contributed by atoms with Gasteiger partial charge in [0, 0.05) is 18.5 Å². The summed E-state index contributed by atoms with van der Waals surface area (Å²) in [6.07, 6.45) is 0. The van der Waals surface area contributed by atoms with Gasteiger partial charge in [0.25, 0.3) is 5.91 Å². The summed E-state index contributed by atoms with van der Waals surface area (Å²) in [5.74, 6) is -0.497. The van der Waals surface area contributed by atoms with E-state index in [1.807, 2.05) is 0 Å². The van der Waals surface area contributed by atoms with Gasteiger partial charge in [0.15, 0.2) is 0 Å². The van der Waals surface area contributed by atoms with Crippen LogP contribution in [0, 0.1) is 5.82 Å². The molecule has 2 aromatic carbocycles. The molecule has 0 unspecified atom stereocenters. The average molecular weight is 310 g/mol. The van der Waals surface area contributed by atoms with Crippen LogP contribution < -0.4 is 0 Å². The SMILES string of the molecule is CN(Cc1ccc(F)cc1)C(=O)c1cc(S)ccc1Cl. The Morgan fingerprint density at radius 2 is 1.90 bits per heavy atom. The lowest BCUT2D eigenvalue weighted by Gasteiger charge is -2.18. The van der Waals surface area contributed by atoms with Crippen LogP contribution in [0.15, 0.2) is 47.4 Å². The number of rotatable bonds is 3. The predicted molar refractivity (Wildman–Crippen MR) is 80.9 cm³/mol. The lowest BCUT2D eigenvalue weighted by molar-refractivity contribution is 0.0785. The Bertz CT molecular complexity index is 630. The number of benzene rings is 2. The first-order valence-electron chi connectivity index (χ1n) is 5.96. The maximum atomic E-state index is 12.8. The van der Waals surface area contributed by atoms with Crippen molar-refractivity contribution in [3.63, 3.8) is 0 Å². The van der Waals surface area contributed by atoms with Crippen LogP contribution in [0.25, 0.3) is 0 Å². The Morgan fingerprint density at radius 1 is 1.25 bits per heavy atom. The number of halogens is 2. The molecule has 5 heteroatoms. The minimum atomic E-state index is -0.298. The molecule has 0 aliphatic carbocycles. The topological polar surface area (TPSA) is 20.3 Å². The summed E-state index contributed by atoms with van der Waals surface area (Å²) in [5, 5.41) is 0.388. The van der Waals surface area contributed by atoms with Crippen molar-refractivity contribution in [2.45, 2.75) is 11.4 Å². The van der Waals surface area contributed by atoms with Crippen LogP contribution in [0.2, 0.25) is 5.02 Å². The standard InChI is InChI=1S/C15H13ClFNOS/c1-18(9-10-2-4-11(17)5-3-10)15(19)13-8-12(20)6-7-14(13)16/h2-8,20H,9H2,1H3. The molecule has 0 aliphatic heterocycles. The molecule has 0 spiro atoms. The smallest absolute Gasteiger partial charge is 0.255 e. The highest BCUT2D eigenvalue weighted by Crippen LogP contribution is 2.21. The number of hydrogen-bond donors (Lipinski definition) is 1.